The number of aromatic hydroxyl groups is 1. The van der Waals surface area contributed by atoms with E-state index in [0.717, 1.165) is 5.56 Å². The van der Waals surface area contributed by atoms with Crippen LogP contribution in [0.5, 0.6) is 5.75 Å². The molecular weight excluding hydrogens is 542 g/mol. The quantitative estimate of drug-likeness (QED) is 0.280. The molecule has 0 bridgehead atoms. The summed E-state index contributed by atoms with van der Waals surface area (Å²) < 4.78 is 5.51. The minimum atomic E-state index is -1.07. The number of anilines is 1. The summed E-state index contributed by atoms with van der Waals surface area (Å²) in [4.78, 5) is 43.5. The Balaban J connectivity index is 1.79. The van der Waals surface area contributed by atoms with Gasteiger partial charge in [-0.1, -0.05) is 61.4 Å². The van der Waals surface area contributed by atoms with Crippen LogP contribution in [0.2, 0.25) is 0 Å². The number of benzene rings is 3. The third-order valence-electron chi connectivity index (χ3n) is 7.38. The lowest BCUT2D eigenvalue weighted by Crippen LogP contribution is -2.54. The van der Waals surface area contributed by atoms with Crippen LogP contribution in [0.3, 0.4) is 0 Å². The molecule has 1 aliphatic carbocycles. The van der Waals surface area contributed by atoms with E-state index in [1.807, 2.05) is 32.0 Å². The molecule has 0 spiro atoms. The molecule has 3 N–H and O–H groups in total. The summed E-state index contributed by atoms with van der Waals surface area (Å²) in [6, 6.07) is 18.5. The number of terminal acetylenes is 1. The van der Waals surface area contributed by atoms with E-state index in [1.54, 1.807) is 68.1 Å². The molecule has 3 amide bonds. The largest absolute Gasteiger partial charge is 0.508 e. The fraction of sp³-hybridized carbons (Fsp3) is 0.343. The Bertz CT molecular complexity index is 1520. The van der Waals surface area contributed by atoms with Crippen molar-refractivity contribution in [3.63, 3.8) is 0 Å². The molecule has 0 aliphatic heterocycles. The molecule has 43 heavy (non-hydrogen) atoms. The summed E-state index contributed by atoms with van der Waals surface area (Å²) >= 11 is 0. The molecule has 8 heteroatoms. The molecule has 224 valence electrons. The monoisotopic (exact) mass is 581 g/mol. The van der Waals surface area contributed by atoms with E-state index in [4.69, 9.17) is 11.2 Å². The highest BCUT2D eigenvalue weighted by atomic mass is 16.6. The van der Waals surface area contributed by atoms with Gasteiger partial charge in [0.25, 0.3) is 5.91 Å². The van der Waals surface area contributed by atoms with Gasteiger partial charge in [-0.25, -0.2) is 4.79 Å². The summed E-state index contributed by atoms with van der Waals surface area (Å²) in [6.45, 7) is 9.13. The topological polar surface area (TPSA) is 108 Å². The number of alkyl carbamates (subject to hydrolysis) is 1. The number of aryl methyl sites for hydroxylation is 1. The van der Waals surface area contributed by atoms with Crippen LogP contribution in [0.4, 0.5) is 10.5 Å². The summed E-state index contributed by atoms with van der Waals surface area (Å²) in [5, 5.41) is 15.6. The molecule has 0 aromatic heterocycles. The minimum Gasteiger partial charge on any atom is -0.508 e. The average molecular weight is 582 g/mol. The van der Waals surface area contributed by atoms with Gasteiger partial charge in [-0.05, 0) is 81.0 Å². The van der Waals surface area contributed by atoms with Gasteiger partial charge in [-0.15, -0.1) is 6.42 Å². The van der Waals surface area contributed by atoms with E-state index in [2.05, 4.69) is 16.6 Å². The van der Waals surface area contributed by atoms with Crippen molar-refractivity contribution in [2.45, 2.75) is 71.2 Å². The van der Waals surface area contributed by atoms with Crippen molar-refractivity contribution in [3.05, 3.63) is 95.1 Å². The molecule has 8 nitrogen and oxygen atoms in total. The second-order valence-electron chi connectivity index (χ2n) is 12.0. The molecule has 4 unspecified atom stereocenters. The van der Waals surface area contributed by atoms with Gasteiger partial charge in [0.2, 0.25) is 5.91 Å². The average Bonchev–Trinajstić information content (AvgIpc) is 3.67. The first-order valence-electron chi connectivity index (χ1n) is 14.4. The minimum absolute atomic E-state index is 0.0824. The van der Waals surface area contributed by atoms with Crippen molar-refractivity contribution in [1.29, 1.82) is 0 Å². The van der Waals surface area contributed by atoms with Crippen LogP contribution in [0.15, 0.2) is 72.8 Å². The fourth-order valence-corrected chi connectivity index (χ4v) is 5.07. The van der Waals surface area contributed by atoms with E-state index >= 15 is 0 Å². The Hall–Kier alpha value is -4.77. The van der Waals surface area contributed by atoms with Gasteiger partial charge in [0.1, 0.15) is 23.4 Å². The Morgan fingerprint density at radius 2 is 1.67 bits per heavy atom. The number of carbonyl (C=O) groups is 3. The van der Waals surface area contributed by atoms with Crippen LogP contribution in [0.1, 0.15) is 62.4 Å². The van der Waals surface area contributed by atoms with Crippen LogP contribution in [-0.4, -0.2) is 45.6 Å². The van der Waals surface area contributed by atoms with E-state index < -0.39 is 35.6 Å². The van der Waals surface area contributed by atoms with Crippen LogP contribution >= 0.6 is 0 Å². The number of carbonyl (C=O) groups excluding carboxylic acids is 3. The summed E-state index contributed by atoms with van der Waals surface area (Å²) in [5.41, 5.74) is 2.43. The number of nitrogens with zero attached hydrogens (tertiary/aromatic N) is 1. The number of nitrogens with one attached hydrogen (secondary N) is 2. The first-order valence-corrected chi connectivity index (χ1v) is 14.4. The maximum absolute atomic E-state index is 14.7. The molecule has 3 aromatic rings. The van der Waals surface area contributed by atoms with Crippen molar-refractivity contribution < 1.29 is 24.2 Å². The Morgan fingerprint density at radius 1 is 1.05 bits per heavy atom. The molecule has 1 fully saturated rings. The Morgan fingerprint density at radius 3 is 2.28 bits per heavy atom. The second kappa shape index (κ2) is 13.0. The number of hydrogen-bond acceptors (Lipinski definition) is 5. The van der Waals surface area contributed by atoms with Crippen molar-refractivity contribution in [1.82, 2.24) is 10.2 Å². The zero-order valence-corrected chi connectivity index (χ0v) is 25.3. The molecule has 4 atom stereocenters. The van der Waals surface area contributed by atoms with Crippen molar-refractivity contribution in [2.24, 2.45) is 5.92 Å². The number of phenolic OH excluding ortho intramolecular Hbond substituents is 1. The zero-order valence-electron chi connectivity index (χ0n) is 25.3. The van der Waals surface area contributed by atoms with E-state index in [-0.39, 0.29) is 24.1 Å². The Kier molecular flexibility index (Phi) is 9.45. The van der Waals surface area contributed by atoms with Crippen molar-refractivity contribution >= 4 is 23.6 Å². The predicted molar refractivity (Wildman–Crippen MR) is 166 cm³/mol. The number of ether oxygens (including phenoxy) is 1. The third kappa shape index (κ3) is 7.95. The van der Waals surface area contributed by atoms with E-state index in [9.17, 15) is 19.5 Å². The van der Waals surface area contributed by atoms with Crippen LogP contribution in [0.25, 0.3) is 0 Å². The highest BCUT2D eigenvalue weighted by molar-refractivity contribution is 6.00. The maximum atomic E-state index is 14.7. The molecule has 1 aliphatic rings. The molecule has 4 rings (SSSR count). The SMILES string of the molecule is C#Cc1ccccc1C(C(=O)Nc1ccccc1C)N(C(=O)C(Cc1ccc(O)cc1)NC(=O)OC(C)(C)C)C1CC1C. The molecular formula is C35H39N3O5. The summed E-state index contributed by atoms with van der Waals surface area (Å²) in [6.07, 6.45) is 5.93. The molecule has 0 saturated heterocycles. The van der Waals surface area contributed by atoms with Crippen LogP contribution in [0, 0.1) is 25.2 Å². The number of hydrogen-bond donors (Lipinski definition) is 3. The fourth-order valence-electron chi connectivity index (χ4n) is 5.07. The summed E-state index contributed by atoms with van der Waals surface area (Å²) in [7, 11) is 0. The van der Waals surface area contributed by atoms with Gasteiger partial charge in [0, 0.05) is 23.7 Å². The lowest BCUT2D eigenvalue weighted by atomic mass is 9.96. The van der Waals surface area contributed by atoms with Gasteiger partial charge >= 0.3 is 6.09 Å². The molecule has 1 saturated carbocycles. The first-order chi connectivity index (χ1) is 20.4. The number of rotatable bonds is 9. The zero-order chi connectivity index (χ0) is 31.3. The molecule has 0 heterocycles. The molecule has 3 aromatic carbocycles. The number of para-hydroxylation sites is 1. The van der Waals surface area contributed by atoms with Crippen molar-refractivity contribution in [3.8, 4) is 18.1 Å². The normalized spacial score (nSPS) is 17.1. The van der Waals surface area contributed by atoms with Gasteiger partial charge < -0.3 is 25.4 Å². The smallest absolute Gasteiger partial charge is 0.408 e. The van der Waals surface area contributed by atoms with Crippen molar-refractivity contribution in [2.75, 3.05) is 5.32 Å². The summed E-state index contributed by atoms with van der Waals surface area (Å²) in [5.74, 6) is 2.03. The highest BCUT2D eigenvalue weighted by Gasteiger charge is 2.48. The van der Waals surface area contributed by atoms with E-state index in [1.165, 1.54) is 12.1 Å². The number of phenols is 1. The van der Waals surface area contributed by atoms with Crippen LogP contribution in [-0.2, 0) is 20.7 Å². The van der Waals surface area contributed by atoms with Gasteiger partial charge in [-0.3, -0.25) is 9.59 Å². The lowest BCUT2D eigenvalue weighted by molar-refractivity contribution is -0.141. The molecule has 0 radical (unpaired) electrons. The first kappa shape index (κ1) is 31.2. The highest BCUT2D eigenvalue weighted by Crippen LogP contribution is 2.42. The third-order valence-corrected chi connectivity index (χ3v) is 7.38. The van der Waals surface area contributed by atoms with Gasteiger partial charge in [0.15, 0.2) is 0 Å². The number of amides is 3. The predicted octanol–water partition coefficient (Wildman–Crippen LogP) is 5.73. The van der Waals surface area contributed by atoms with Gasteiger partial charge in [-0.2, -0.15) is 0 Å². The second-order valence-corrected chi connectivity index (χ2v) is 12.0. The maximum Gasteiger partial charge on any atom is 0.408 e. The standard InChI is InChI=1S/C35H39N3O5/c1-7-25-13-9-10-14-27(25)31(32(40)36-28-15-11-8-12-22(28)2)38(30-20-23(30)3)33(41)29(37-34(42)43-35(4,5)6)21-24-16-18-26(39)19-17-24/h1,8-19,23,29-31,39H,20-21H2,2-6H3,(H,36,40)(H,37,42). The van der Waals surface area contributed by atoms with Gasteiger partial charge in [0.05, 0.1) is 0 Å². The van der Waals surface area contributed by atoms with E-state index in [0.29, 0.717) is 28.8 Å². The van der Waals surface area contributed by atoms with Crippen LogP contribution < -0.4 is 10.6 Å². The lowest BCUT2D eigenvalue weighted by Gasteiger charge is -2.35. The Labute approximate surface area is 253 Å².